The third kappa shape index (κ3) is 1.23. The second kappa shape index (κ2) is 2.37. The molecule has 1 aromatic rings. The predicted octanol–water partition coefficient (Wildman–Crippen LogP) is 0.765. The van der Waals surface area contributed by atoms with Gasteiger partial charge in [0.1, 0.15) is 0 Å². The molecular formula is C5H2ClO2S-. The van der Waals surface area contributed by atoms with Gasteiger partial charge in [-0.05, 0) is 11.4 Å². The molecule has 0 aliphatic rings. The quantitative estimate of drug-likeness (QED) is 0.610. The number of hydrogen-bond donors (Lipinski definition) is 0. The molecule has 4 heteroatoms. The summed E-state index contributed by atoms with van der Waals surface area (Å²) in [5.74, 6) is -1.21. The molecule has 9 heavy (non-hydrogen) atoms. The maximum absolute atomic E-state index is 10.1. The first-order valence-electron chi connectivity index (χ1n) is 2.16. The highest BCUT2D eigenvalue weighted by Crippen LogP contribution is 2.20. The van der Waals surface area contributed by atoms with Crippen molar-refractivity contribution in [1.29, 1.82) is 0 Å². The van der Waals surface area contributed by atoms with E-state index in [-0.39, 0.29) is 9.90 Å². The van der Waals surface area contributed by atoms with Gasteiger partial charge in [-0.3, -0.25) is 0 Å². The summed E-state index contributed by atoms with van der Waals surface area (Å²) in [6.07, 6.45) is 0. The molecule has 0 aliphatic carbocycles. The fourth-order valence-electron chi connectivity index (χ4n) is 0.439. The summed E-state index contributed by atoms with van der Waals surface area (Å²) in [5, 5.41) is 12.0. The lowest BCUT2D eigenvalue weighted by Crippen LogP contribution is -2.21. The normalized spacial score (nSPS) is 9.44. The van der Waals surface area contributed by atoms with Crippen LogP contribution in [0, 0.1) is 0 Å². The number of hydrogen-bond acceptors (Lipinski definition) is 3. The zero-order valence-corrected chi connectivity index (χ0v) is 5.83. The number of carboxylic acids is 1. The highest BCUT2D eigenvalue weighted by molar-refractivity contribution is 7.12. The topological polar surface area (TPSA) is 40.1 Å². The van der Waals surface area contributed by atoms with E-state index >= 15 is 0 Å². The van der Waals surface area contributed by atoms with Crippen LogP contribution in [0.1, 0.15) is 9.67 Å². The minimum absolute atomic E-state index is 0.0941. The van der Waals surface area contributed by atoms with Gasteiger partial charge in [-0.2, -0.15) is 0 Å². The molecule has 0 aliphatic heterocycles. The summed E-state index contributed by atoms with van der Waals surface area (Å²) in [6, 6.07) is 1.53. The van der Waals surface area contributed by atoms with Gasteiger partial charge < -0.3 is 9.90 Å². The smallest absolute Gasteiger partial charge is 0.0830 e. The molecule has 0 radical (unpaired) electrons. The van der Waals surface area contributed by atoms with E-state index in [2.05, 4.69) is 0 Å². The Hall–Kier alpha value is -0.540. The molecule has 2 nitrogen and oxygen atoms in total. The summed E-state index contributed by atoms with van der Waals surface area (Å²) >= 11 is 6.49. The molecule has 0 N–H and O–H groups in total. The Morgan fingerprint density at radius 1 is 1.78 bits per heavy atom. The Balaban J connectivity index is 3.08. The van der Waals surface area contributed by atoms with E-state index in [1.807, 2.05) is 0 Å². The fraction of sp³-hybridized carbons (Fsp3) is 0. The van der Waals surface area contributed by atoms with Crippen LogP contribution in [0.5, 0.6) is 0 Å². The third-order valence-corrected chi connectivity index (χ3v) is 2.12. The first kappa shape index (κ1) is 6.58. The van der Waals surface area contributed by atoms with E-state index < -0.39 is 5.97 Å². The maximum atomic E-state index is 10.1. The van der Waals surface area contributed by atoms with Gasteiger partial charge in [0, 0.05) is 0 Å². The van der Waals surface area contributed by atoms with E-state index in [0.29, 0.717) is 0 Å². The molecule has 0 saturated heterocycles. The Labute approximate surface area is 60.7 Å². The van der Waals surface area contributed by atoms with E-state index in [1.54, 1.807) is 5.38 Å². The molecule has 0 aromatic carbocycles. The van der Waals surface area contributed by atoms with Gasteiger partial charge in [-0.25, -0.2) is 0 Å². The number of carbonyl (C=O) groups excluding carboxylic acids is 1. The molecule has 0 fully saturated rings. The number of halogens is 1. The lowest BCUT2D eigenvalue weighted by Gasteiger charge is -1.95. The first-order valence-corrected chi connectivity index (χ1v) is 3.42. The average molecular weight is 162 g/mol. The molecule has 1 aromatic heterocycles. The molecule has 0 saturated carbocycles. The monoisotopic (exact) mass is 161 g/mol. The lowest BCUT2D eigenvalue weighted by atomic mass is 10.5. The summed E-state index contributed by atoms with van der Waals surface area (Å²) in [6.45, 7) is 0. The van der Waals surface area contributed by atoms with Crippen LogP contribution in [0.2, 0.25) is 5.02 Å². The number of rotatable bonds is 1. The van der Waals surface area contributed by atoms with Crippen molar-refractivity contribution in [1.82, 2.24) is 0 Å². The van der Waals surface area contributed by atoms with Gasteiger partial charge in [-0.15, -0.1) is 11.3 Å². The molecular weight excluding hydrogens is 160 g/mol. The van der Waals surface area contributed by atoms with Gasteiger partial charge in [0.05, 0.1) is 15.9 Å². The summed E-state index contributed by atoms with van der Waals surface area (Å²) < 4.78 is 0. The SMILES string of the molecule is O=C([O-])c1sccc1Cl. The predicted molar refractivity (Wildman–Crippen MR) is 33.7 cm³/mol. The zero-order valence-electron chi connectivity index (χ0n) is 4.26. The highest BCUT2D eigenvalue weighted by Gasteiger charge is 1.99. The Bertz CT molecular complexity index is 231. The van der Waals surface area contributed by atoms with Gasteiger partial charge in [-0.1, -0.05) is 11.6 Å². The van der Waals surface area contributed by atoms with Crippen molar-refractivity contribution in [2.45, 2.75) is 0 Å². The lowest BCUT2D eigenvalue weighted by molar-refractivity contribution is -0.254. The van der Waals surface area contributed by atoms with Crippen molar-refractivity contribution in [3.8, 4) is 0 Å². The number of thiophene rings is 1. The van der Waals surface area contributed by atoms with Crippen LogP contribution in [0.15, 0.2) is 11.4 Å². The van der Waals surface area contributed by atoms with E-state index in [4.69, 9.17) is 11.6 Å². The largest absolute Gasteiger partial charge is 0.544 e. The summed E-state index contributed by atoms with van der Waals surface area (Å²) in [5.41, 5.74) is 0. The van der Waals surface area contributed by atoms with Gasteiger partial charge in [0.25, 0.3) is 0 Å². The molecule has 1 heterocycles. The van der Waals surface area contributed by atoms with Crippen LogP contribution in [-0.4, -0.2) is 5.97 Å². The summed E-state index contributed by atoms with van der Waals surface area (Å²) in [4.78, 5) is 10.2. The molecule has 0 atom stereocenters. The minimum Gasteiger partial charge on any atom is -0.544 e. The van der Waals surface area contributed by atoms with Crippen molar-refractivity contribution in [2.24, 2.45) is 0 Å². The standard InChI is InChI=1S/C5H3ClO2S/c6-3-1-2-9-4(3)5(7)8/h1-2H,(H,7,8)/p-1. The summed E-state index contributed by atoms with van der Waals surface area (Å²) in [7, 11) is 0. The average Bonchev–Trinajstić information content (AvgIpc) is 2.13. The third-order valence-electron chi connectivity index (χ3n) is 0.803. The van der Waals surface area contributed by atoms with Gasteiger partial charge >= 0.3 is 0 Å². The fourth-order valence-corrected chi connectivity index (χ4v) is 1.40. The number of carboxylic acid groups (broad SMARTS) is 1. The van der Waals surface area contributed by atoms with Crippen LogP contribution in [-0.2, 0) is 0 Å². The van der Waals surface area contributed by atoms with Crippen molar-refractivity contribution in [2.75, 3.05) is 0 Å². The Kier molecular flexibility index (Phi) is 1.73. The van der Waals surface area contributed by atoms with Crippen molar-refractivity contribution in [3.05, 3.63) is 21.3 Å². The van der Waals surface area contributed by atoms with Crippen LogP contribution in [0.4, 0.5) is 0 Å². The van der Waals surface area contributed by atoms with Gasteiger partial charge in [0.2, 0.25) is 0 Å². The van der Waals surface area contributed by atoms with Crippen molar-refractivity contribution in [3.63, 3.8) is 0 Å². The van der Waals surface area contributed by atoms with E-state index in [9.17, 15) is 9.90 Å². The molecule has 0 amide bonds. The van der Waals surface area contributed by atoms with Crippen molar-refractivity contribution >= 4 is 28.9 Å². The number of aromatic carboxylic acids is 1. The molecule has 0 bridgehead atoms. The Morgan fingerprint density at radius 2 is 2.44 bits per heavy atom. The van der Waals surface area contributed by atoms with E-state index in [1.165, 1.54) is 6.07 Å². The van der Waals surface area contributed by atoms with Gasteiger partial charge in [0.15, 0.2) is 0 Å². The van der Waals surface area contributed by atoms with Crippen LogP contribution in [0.3, 0.4) is 0 Å². The first-order chi connectivity index (χ1) is 4.22. The zero-order chi connectivity index (χ0) is 6.85. The minimum atomic E-state index is -1.21. The van der Waals surface area contributed by atoms with E-state index in [0.717, 1.165) is 11.3 Å². The molecule has 0 unspecified atom stereocenters. The molecule has 48 valence electrons. The van der Waals surface area contributed by atoms with Crippen molar-refractivity contribution < 1.29 is 9.90 Å². The van der Waals surface area contributed by atoms with Crippen LogP contribution in [0.25, 0.3) is 0 Å². The maximum Gasteiger partial charge on any atom is 0.0830 e. The second-order valence-corrected chi connectivity index (χ2v) is 2.71. The second-order valence-electron chi connectivity index (χ2n) is 1.39. The van der Waals surface area contributed by atoms with Crippen LogP contribution >= 0.6 is 22.9 Å². The number of carbonyl (C=O) groups is 1. The molecule has 1 rings (SSSR count). The van der Waals surface area contributed by atoms with Crippen LogP contribution < -0.4 is 5.11 Å². The highest BCUT2D eigenvalue weighted by atomic mass is 35.5. The Morgan fingerprint density at radius 3 is 2.67 bits per heavy atom. The molecule has 0 spiro atoms.